The van der Waals surface area contributed by atoms with Gasteiger partial charge in [-0.1, -0.05) is 12.1 Å². The van der Waals surface area contributed by atoms with E-state index < -0.39 is 5.82 Å². The molecule has 144 valence electrons. The third-order valence-electron chi connectivity index (χ3n) is 4.96. The fraction of sp³-hybridized carbons (Fsp3) is 0.136. The number of halogens is 1. The van der Waals surface area contributed by atoms with Crippen LogP contribution >= 0.6 is 0 Å². The number of amides is 1. The molecule has 0 bridgehead atoms. The van der Waals surface area contributed by atoms with Crippen LogP contribution in [-0.4, -0.2) is 24.5 Å². The van der Waals surface area contributed by atoms with E-state index in [1.807, 2.05) is 12.1 Å². The number of carbonyl (C=O) groups excluding carboxylic acids is 1. The molecule has 2 aromatic carbocycles. The zero-order chi connectivity index (χ0) is 20.5. The van der Waals surface area contributed by atoms with E-state index in [0.29, 0.717) is 23.2 Å². The van der Waals surface area contributed by atoms with Crippen LogP contribution < -0.4 is 15.8 Å². The van der Waals surface area contributed by atoms with Crippen molar-refractivity contribution in [2.75, 3.05) is 19.4 Å². The number of fused-ring (bicyclic) bond motifs is 1. The van der Waals surface area contributed by atoms with Gasteiger partial charge >= 0.3 is 0 Å². The number of ether oxygens (including phenoxy) is 1. The number of aromatic nitrogens is 1. The first-order valence-corrected chi connectivity index (χ1v) is 8.97. The van der Waals surface area contributed by atoms with Crippen molar-refractivity contribution < 1.29 is 13.9 Å². The largest absolute Gasteiger partial charge is 0.494 e. The maximum absolute atomic E-state index is 14.8. The van der Waals surface area contributed by atoms with E-state index in [0.717, 1.165) is 17.5 Å². The van der Waals surface area contributed by atoms with Crippen molar-refractivity contribution in [3.8, 4) is 34.1 Å². The van der Waals surface area contributed by atoms with Gasteiger partial charge in [-0.25, -0.2) is 9.37 Å². The molecule has 0 radical (unpaired) electrons. The number of carbonyl (C=O) groups is 1. The highest BCUT2D eigenvalue weighted by Gasteiger charge is 2.19. The van der Waals surface area contributed by atoms with E-state index in [-0.39, 0.29) is 28.6 Å². The third kappa shape index (κ3) is 3.25. The van der Waals surface area contributed by atoms with Crippen molar-refractivity contribution in [2.45, 2.75) is 6.42 Å². The molecule has 0 saturated carbocycles. The number of anilines is 1. The summed E-state index contributed by atoms with van der Waals surface area (Å²) < 4.78 is 19.9. The van der Waals surface area contributed by atoms with Crippen LogP contribution in [-0.2, 0) is 6.42 Å². The zero-order valence-electron chi connectivity index (χ0n) is 15.6. The topological polar surface area (TPSA) is 101 Å². The van der Waals surface area contributed by atoms with Crippen molar-refractivity contribution in [3.05, 3.63) is 65.1 Å². The van der Waals surface area contributed by atoms with Gasteiger partial charge in [0.25, 0.3) is 5.91 Å². The second-order valence-electron chi connectivity index (χ2n) is 6.69. The molecular formula is C22H17FN4O2. The van der Waals surface area contributed by atoms with E-state index in [4.69, 9.17) is 10.5 Å². The Bertz CT molecular complexity index is 1180. The fourth-order valence-electron chi connectivity index (χ4n) is 3.47. The Kier molecular flexibility index (Phi) is 4.61. The summed E-state index contributed by atoms with van der Waals surface area (Å²) >= 11 is 0. The molecule has 0 atom stereocenters. The Hall–Kier alpha value is -3.92. The van der Waals surface area contributed by atoms with Crippen LogP contribution in [0, 0.1) is 17.1 Å². The van der Waals surface area contributed by atoms with E-state index in [9.17, 15) is 14.4 Å². The first-order chi connectivity index (χ1) is 14.0. The summed E-state index contributed by atoms with van der Waals surface area (Å²) in [4.78, 5) is 16.2. The van der Waals surface area contributed by atoms with Crippen LogP contribution in [0.15, 0.2) is 42.6 Å². The molecule has 0 aliphatic carbocycles. The number of nitrogen functional groups attached to an aromatic ring is 1. The van der Waals surface area contributed by atoms with Crippen LogP contribution in [0.2, 0.25) is 0 Å². The minimum absolute atomic E-state index is 0.0165. The van der Waals surface area contributed by atoms with Gasteiger partial charge in [0.2, 0.25) is 0 Å². The Labute approximate surface area is 166 Å². The minimum atomic E-state index is -0.578. The Morgan fingerprint density at radius 3 is 2.76 bits per heavy atom. The Morgan fingerprint density at radius 1 is 1.17 bits per heavy atom. The van der Waals surface area contributed by atoms with Gasteiger partial charge in [0.1, 0.15) is 5.82 Å². The second-order valence-corrected chi connectivity index (χ2v) is 6.69. The highest BCUT2D eigenvalue weighted by Crippen LogP contribution is 2.35. The molecule has 0 spiro atoms. The number of benzene rings is 2. The summed E-state index contributed by atoms with van der Waals surface area (Å²) in [6, 6.07) is 12.0. The number of methoxy groups -OCH3 is 1. The molecule has 2 heterocycles. The molecule has 0 saturated heterocycles. The molecule has 3 aromatic rings. The lowest BCUT2D eigenvalue weighted by molar-refractivity contribution is 0.0946. The lowest BCUT2D eigenvalue weighted by Gasteiger charge is -2.18. The molecule has 3 N–H and O–H groups in total. The van der Waals surface area contributed by atoms with Gasteiger partial charge in [0, 0.05) is 41.1 Å². The fourth-order valence-corrected chi connectivity index (χ4v) is 3.47. The maximum atomic E-state index is 14.8. The molecule has 1 aliphatic rings. The molecule has 6 nitrogen and oxygen atoms in total. The van der Waals surface area contributed by atoms with E-state index in [1.54, 1.807) is 18.2 Å². The highest BCUT2D eigenvalue weighted by molar-refractivity contribution is 5.97. The summed E-state index contributed by atoms with van der Waals surface area (Å²) in [5.74, 6) is -0.402. The molecule has 1 amide bonds. The molecule has 0 fully saturated rings. The van der Waals surface area contributed by atoms with Gasteiger partial charge in [-0.2, -0.15) is 5.26 Å². The number of nitrogens with zero attached hydrogens (tertiary/aromatic N) is 2. The zero-order valence-corrected chi connectivity index (χ0v) is 15.6. The van der Waals surface area contributed by atoms with Crippen molar-refractivity contribution in [3.63, 3.8) is 0 Å². The van der Waals surface area contributed by atoms with E-state index in [1.165, 1.54) is 25.4 Å². The molecule has 0 unspecified atom stereocenters. The molecule has 4 rings (SSSR count). The predicted octanol–water partition coefficient (Wildman–Crippen LogP) is 3.30. The van der Waals surface area contributed by atoms with Gasteiger partial charge in [-0.3, -0.25) is 4.79 Å². The molecule has 1 aromatic heterocycles. The van der Waals surface area contributed by atoms with Crippen LogP contribution in [0.1, 0.15) is 21.5 Å². The van der Waals surface area contributed by atoms with Gasteiger partial charge in [0.05, 0.1) is 18.7 Å². The Morgan fingerprint density at radius 2 is 2.00 bits per heavy atom. The second kappa shape index (κ2) is 7.24. The summed E-state index contributed by atoms with van der Waals surface area (Å²) in [7, 11) is 1.35. The number of nitriles is 1. The van der Waals surface area contributed by atoms with Crippen LogP contribution in [0.4, 0.5) is 10.2 Å². The first-order valence-electron chi connectivity index (χ1n) is 8.97. The first kappa shape index (κ1) is 18.4. The SMILES string of the molecule is COc1cc(C#N)cc(-c2cnc(N)c(-c3ccc4c(c3)CCNC4=O)c2)c1F. The van der Waals surface area contributed by atoms with E-state index in [2.05, 4.69) is 10.3 Å². The number of hydrogen-bond donors (Lipinski definition) is 2. The minimum Gasteiger partial charge on any atom is -0.494 e. The third-order valence-corrected chi connectivity index (χ3v) is 4.96. The summed E-state index contributed by atoms with van der Waals surface area (Å²) in [6.07, 6.45) is 2.18. The predicted molar refractivity (Wildman–Crippen MR) is 107 cm³/mol. The number of hydrogen-bond acceptors (Lipinski definition) is 5. The molecular weight excluding hydrogens is 371 g/mol. The summed E-state index contributed by atoms with van der Waals surface area (Å²) in [5, 5.41) is 12.0. The number of nitrogens with one attached hydrogen (secondary N) is 1. The van der Waals surface area contributed by atoms with Crippen LogP contribution in [0.5, 0.6) is 5.75 Å². The monoisotopic (exact) mass is 388 g/mol. The Balaban J connectivity index is 1.85. The number of pyridine rings is 1. The van der Waals surface area contributed by atoms with E-state index >= 15 is 0 Å². The smallest absolute Gasteiger partial charge is 0.251 e. The lowest BCUT2D eigenvalue weighted by Crippen LogP contribution is -2.31. The normalized spacial score (nSPS) is 12.7. The quantitative estimate of drug-likeness (QED) is 0.717. The molecule has 1 aliphatic heterocycles. The average molecular weight is 388 g/mol. The average Bonchev–Trinajstić information content (AvgIpc) is 2.74. The van der Waals surface area contributed by atoms with Crippen molar-refractivity contribution in [1.29, 1.82) is 5.26 Å². The highest BCUT2D eigenvalue weighted by atomic mass is 19.1. The van der Waals surface area contributed by atoms with Gasteiger partial charge < -0.3 is 15.8 Å². The summed E-state index contributed by atoms with van der Waals surface area (Å²) in [6.45, 7) is 0.578. The van der Waals surface area contributed by atoms with Gasteiger partial charge in [-0.15, -0.1) is 0 Å². The van der Waals surface area contributed by atoms with Gasteiger partial charge in [-0.05, 0) is 35.7 Å². The number of rotatable bonds is 3. The summed E-state index contributed by atoms with van der Waals surface area (Å²) in [5.41, 5.74) is 10.0. The standard InChI is InChI=1S/C22H17FN4O2/c1-29-19-7-12(10-24)6-17(20(19)23)15-9-18(21(25)27-11-15)13-2-3-16-14(8-13)4-5-26-22(16)28/h2-3,6-9,11H,4-5H2,1H3,(H2,25,27)(H,26,28). The van der Waals surface area contributed by atoms with Crippen LogP contribution in [0.3, 0.4) is 0 Å². The van der Waals surface area contributed by atoms with Crippen molar-refractivity contribution >= 4 is 11.7 Å². The maximum Gasteiger partial charge on any atom is 0.251 e. The van der Waals surface area contributed by atoms with Crippen LogP contribution in [0.25, 0.3) is 22.3 Å². The van der Waals surface area contributed by atoms with Crippen molar-refractivity contribution in [2.24, 2.45) is 0 Å². The van der Waals surface area contributed by atoms with Gasteiger partial charge in [0.15, 0.2) is 11.6 Å². The lowest BCUT2D eigenvalue weighted by atomic mass is 9.94. The van der Waals surface area contributed by atoms with Crippen molar-refractivity contribution in [1.82, 2.24) is 10.3 Å². The number of nitrogens with two attached hydrogens (primary N) is 1. The molecule has 7 heteroatoms. The molecule has 29 heavy (non-hydrogen) atoms.